The normalized spacial score (nSPS) is 19.5. The Labute approximate surface area is 285 Å². The van der Waals surface area contributed by atoms with Crippen LogP contribution < -0.4 is 0 Å². The highest BCUT2D eigenvalue weighted by atomic mass is 15.4. The van der Waals surface area contributed by atoms with Crippen molar-refractivity contribution in [3.63, 3.8) is 0 Å². The van der Waals surface area contributed by atoms with Crippen LogP contribution in [-0.2, 0) is 0 Å². The third-order valence-electron chi connectivity index (χ3n) is 11.6. The van der Waals surface area contributed by atoms with E-state index in [1.54, 1.807) is 0 Å². The van der Waals surface area contributed by atoms with Gasteiger partial charge >= 0.3 is 0 Å². The lowest BCUT2D eigenvalue weighted by Gasteiger charge is -2.38. The van der Waals surface area contributed by atoms with Crippen molar-refractivity contribution in [2.75, 3.05) is 52.4 Å². The van der Waals surface area contributed by atoms with Crippen LogP contribution in [0, 0.1) is 0 Å². The zero-order chi connectivity index (χ0) is 31.9. The van der Waals surface area contributed by atoms with Crippen LogP contribution in [0.5, 0.6) is 0 Å². The maximum atomic E-state index is 5.74. The van der Waals surface area contributed by atoms with Crippen molar-refractivity contribution in [2.45, 2.75) is 77.0 Å². The largest absolute Gasteiger partial charge is 0.343 e. The minimum atomic E-state index is 1.07. The molecule has 4 heterocycles. The van der Waals surface area contributed by atoms with Gasteiger partial charge in [-0.15, -0.1) is 0 Å². The van der Waals surface area contributed by atoms with Crippen molar-refractivity contribution < 1.29 is 0 Å². The Balaban J connectivity index is 1.32. The number of aliphatic imine (C=N–C) groups is 2. The molecule has 0 unspecified atom stereocenters. The smallest absolute Gasteiger partial charge is 0.201 e. The van der Waals surface area contributed by atoms with Crippen LogP contribution in [0.4, 0.5) is 11.4 Å². The lowest BCUT2D eigenvalue weighted by atomic mass is 9.89. The lowest BCUT2D eigenvalue weighted by Crippen LogP contribution is -2.48. The molecule has 5 aromatic carbocycles. The molecule has 0 saturated carbocycles. The summed E-state index contributed by atoms with van der Waals surface area (Å²) < 4.78 is 0. The third kappa shape index (κ3) is 5.41. The number of benzene rings is 5. The fourth-order valence-corrected chi connectivity index (χ4v) is 9.16. The molecule has 4 saturated heterocycles. The Morgan fingerprint density at radius 1 is 0.354 bits per heavy atom. The molecular formula is C42H50N6. The Hall–Kier alpha value is -4.06. The number of guanidine groups is 2. The van der Waals surface area contributed by atoms with E-state index in [-0.39, 0.29) is 0 Å². The van der Waals surface area contributed by atoms with Gasteiger partial charge in [-0.25, -0.2) is 9.98 Å². The zero-order valence-corrected chi connectivity index (χ0v) is 28.6. The van der Waals surface area contributed by atoms with Crippen LogP contribution in [0.15, 0.2) is 70.6 Å². The van der Waals surface area contributed by atoms with Crippen LogP contribution in [0.2, 0.25) is 0 Å². The molecule has 0 N–H and O–H groups in total. The van der Waals surface area contributed by atoms with Crippen LogP contribution in [-0.4, -0.2) is 83.9 Å². The van der Waals surface area contributed by atoms with Gasteiger partial charge < -0.3 is 19.6 Å². The van der Waals surface area contributed by atoms with E-state index in [1.165, 1.54) is 132 Å². The molecule has 0 radical (unpaired) electrons. The Morgan fingerprint density at radius 2 is 0.708 bits per heavy atom. The lowest BCUT2D eigenvalue weighted by molar-refractivity contribution is 0.257. The Bertz CT molecular complexity index is 1800. The Morgan fingerprint density at radius 3 is 1.08 bits per heavy atom. The van der Waals surface area contributed by atoms with Crippen molar-refractivity contribution in [3.8, 4) is 0 Å². The number of hydrogen-bond acceptors (Lipinski definition) is 2. The standard InChI is InChI=1S/C42H50N6/c1-5-23-45(24-6-1)41(46-25-7-2-8-26-46)43-36-21-19-34-32-17-13-15-31-16-14-18-33(38(31)32)35-20-22-37(40(36)39(34)35)44-42(47-27-9-3-10-28-47)48-29-11-4-12-30-48/h13-22H,1-12,23-30H2. The van der Waals surface area contributed by atoms with Gasteiger partial charge in [-0.05, 0) is 121 Å². The van der Waals surface area contributed by atoms with Gasteiger partial charge in [0.15, 0.2) is 0 Å². The number of fused-ring (bicyclic) bond motifs is 2. The highest BCUT2D eigenvalue weighted by Gasteiger charge is 2.26. The third-order valence-corrected chi connectivity index (χ3v) is 11.6. The van der Waals surface area contributed by atoms with Crippen LogP contribution in [0.25, 0.3) is 43.1 Å². The molecular weight excluding hydrogens is 589 g/mol. The van der Waals surface area contributed by atoms with E-state index < -0.39 is 0 Å². The quantitative estimate of drug-likeness (QED) is 0.0835. The van der Waals surface area contributed by atoms with Crippen molar-refractivity contribution in [2.24, 2.45) is 9.98 Å². The van der Waals surface area contributed by atoms with Crippen LogP contribution >= 0.6 is 0 Å². The van der Waals surface area contributed by atoms with E-state index in [2.05, 4.69) is 80.3 Å². The molecule has 0 aromatic heterocycles. The van der Waals surface area contributed by atoms with Gasteiger partial charge in [-0.2, -0.15) is 0 Å². The van der Waals surface area contributed by atoms with E-state index in [0.717, 1.165) is 63.7 Å². The predicted molar refractivity (Wildman–Crippen MR) is 204 cm³/mol. The summed E-state index contributed by atoms with van der Waals surface area (Å²) in [5, 5.41) is 10.5. The number of hydrogen-bond donors (Lipinski definition) is 0. The number of piperidine rings is 4. The summed E-state index contributed by atoms with van der Waals surface area (Å²) >= 11 is 0. The average Bonchev–Trinajstić information content (AvgIpc) is 3.16. The van der Waals surface area contributed by atoms with Gasteiger partial charge in [0.2, 0.25) is 11.9 Å². The minimum absolute atomic E-state index is 1.07. The maximum absolute atomic E-state index is 5.74. The van der Waals surface area contributed by atoms with Gasteiger partial charge in [0.25, 0.3) is 0 Å². The summed E-state index contributed by atoms with van der Waals surface area (Å²) in [4.78, 5) is 21.9. The second-order valence-corrected chi connectivity index (χ2v) is 14.7. The first-order valence-corrected chi connectivity index (χ1v) is 19.1. The molecule has 9 rings (SSSR count). The summed E-state index contributed by atoms with van der Waals surface area (Å²) in [5.41, 5.74) is 2.15. The van der Waals surface area contributed by atoms with Gasteiger partial charge in [0.05, 0.1) is 11.4 Å². The molecule has 0 aliphatic carbocycles. The molecule has 5 aromatic rings. The molecule has 4 aliphatic heterocycles. The first-order valence-electron chi connectivity index (χ1n) is 19.1. The van der Waals surface area contributed by atoms with E-state index >= 15 is 0 Å². The van der Waals surface area contributed by atoms with E-state index in [1.807, 2.05) is 0 Å². The molecule has 4 aliphatic rings. The monoisotopic (exact) mass is 638 g/mol. The van der Waals surface area contributed by atoms with E-state index in [9.17, 15) is 0 Å². The van der Waals surface area contributed by atoms with Crippen molar-refractivity contribution in [3.05, 3.63) is 60.7 Å². The van der Waals surface area contributed by atoms with Crippen LogP contribution in [0.1, 0.15) is 77.0 Å². The van der Waals surface area contributed by atoms with Crippen molar-refractivity contribution in [1.29, 1.82) is 0 Å². The molecule has 4 fully saturated rings. The molecule has 0 bridgehead atoms. The predicted octanol–water partition coefficient (Wildman–Crippen LogP) is 9.66. The molecule has 48 heavy (non-hydrogen) atoms. The number of rotatable bonds is 2. The SMILES string of the molecule is c1cc2cccc3c4ccc(N=C(N5CCCCC5)N5CCCCC5)c5c(N=C(N6CCCCC6)N6CCCCC6)ccc(c(c1)c23)c54. The second-order valence-electron chi connectivity index (χ2n) is 14.7. The number of likely N-dealkylation sites (tertiary alicyclic amines) is 4. The average molecular weight is 639 g/mol. The summed E-state index contributed by atoms with van der Waals surface area (Å²) in [5.74, 6) is 2.38. The molecule has 6 heteroatoms. The fourth-order valence-electron chi connectivity index (χ4n) is 9.16. The molecule has 0 spiro atoms. The van der Waals surface area contributed by atoms with Crippen LogP contribution in [0.3, 0.4) is 0 Å². The van der Waals surface area contributed by atoms with E-state index in [0.29, 0.717) is 0 Å². The highest BCUT2D eigenvalue weighted by Crippen LogP contribution is 2.46. The van der Waals surface area contributed by atoms with Gasteiger partial charge in [0.1, 0.15) is 0 Å². The summed E-state index contributed by atoms with van der Waals surface area (Å²) in [6, 6.07) is 23.0. The number of nitrogens with zero attached hydrogens (tertiary/aromatic N) is 6. The van der Waals surface area contributed by atoms with Crippen molar-refractivity contribution in [1.82, 2.24) is 19.6 Å². The second kappa shape index (κ2) is 13.1. The topological polar surface area (TPSA) is 37.7 Å². The van der Waals surface area contributed by atoms with E-state index in [4.69, 9.17) is 9.98 Å². The molecule has 248 valence electrons. The van der Waals surface area contributed by atoms with Gasteiger partial charge in [-0.3, -0.25) is 0 Å². The zero-order valence-electron chi connectivity index (χ0n) is 28.6. The first-order chi connectivity index (χ1) is 23.8. The molecule has 6 nitrogen and oxygen atoms in total. The molecule has 0 amide bonds. The first kappa shape index (κ1) is 30.0. The summed E-state index contributed by atoms with van der Waals surface area (Å²) in [6.45, 7) is 8.82. The van der Waals surface area contributed by atoms with Crippen molar-refractivity contribution >= 4 is 66.4 Å². The van der Waals surface area contributed by atoms with Gasteiger partial charge in [-0.1, -0.05) is 48.5 Å². The fraction of sp³-hybridized carbons (Fsp3) is 0.476. The summed E-state index contributed by atoms with van der Waals surface area (Å²) in [6.07, 6.45) is 15.3. The Kier molecular flexibility index (Phi) is 8.19. The summed E-state index contributed by atoms with van der Waals surface area (Å²) in [7, 11) is 0. The highest BCUT2D eigenvalue weighted by molar-refractivity contribution is 6.35. The minimum Gasteiger partial charge on any atom is -0.343 e. The molecule has 0 atom stereocenters. The maximum Gasteiger partial charge on any atom is 0.201 e. The van der Waals surface area contributed by atoms with Gasteiger partial charge in [0, 0.05) is 63.1 Å².